The fourth-order valence-corrected chi connectivity index (χ4v) is 1.59. The van der Waals surface area contributed by atoms with Crippen molar-refractivity contribution < 1.29 is 14.2 Å². The van der Waals surface area contributed by atoms with E-state index in [0.717, 1.165) is 36.9 Å². The standard InChI is InChI=1S/C14H22ClNO3/c1-17-8-2-9-18-11-12-19-10-7-16-14-5-3-13(15)4-6-14/h3-6,16H,2,7-12H2,1H3. The zero-order valence-electron chi connectivity index (χ0n) is 11.4. The average Bonchev–Trinajstić information content (AvgIpc) is 2.43. The third-order valence-corrected chi connectivity index (χ3v) is 2.68. The molecule has 4 nitrogen and oxygen atoms in total. The van der Waals surface area contributed by atoms with Gasteiger partial charge in [0, 0.05) is 37.6 Å². The summed E-state index contributed by atoms with van der Waals surface area (Å²) in [5.41, 5.74) is 1.05. The van der Waals surface area contributed by atoms with E-state index in [-0.39, 0.29) is 0 Å². The fraction of sp³-hybridized carbons (Fsp3) is 0.571. The molecular formula is C14H22ClNO3. The molecule has 1 aromatic carbocycles. The molecule has 0 aliphatic carbocycles. The summed E-state index contributed by atoms with van der Waals surface area (Å²) in [6.07, 6.45) is 0.925. The van der Waals surface area contributed by atoms with Crippen LogP contribution in [0.25, 0.3) is 0 Å². The maximum atomic E-state index is 5.80. The molecule has 0 bridgehead atoms. The molecular weight excluding hydrogens is 266 g/mol. The molecule has 19 heavy (non-hydrogen) atoms. The summed E-state index contributed by atoms with van der Waals surface area (Å²) < 4.78 is 15.7. The van der Waals surface area contributed by atoms with Crippen LogP contribution in [-0.2, 0) is 14.2 Å². The highest BCUT2D eigenvalue weighted by Crippen LogP contribution is 2.12. The number of benzene rings is 1. The second-order valence-electron chi connectivity index (χ2n) is 4.00. The summed E-state index contributed by atoms with van der Waals surface area (Å²) in [5, 5.41) is 3.99. The maximum Gasteiger partial charge on any atom is 0.0701 e. The van der Waals surface area contributed by atoms with Gasteiger partial charge in [-0.3, -0.25) is 0 Å². The molecule has 0 spiro atoms. The van der Waals surface area contributed by atoms with Crippen molar-refractivity contribution in [1.29, 1.82) is 0 Å². The van der Waals surface area contributed by atoms with Gasteiger partial charge < -0.3 is 19.5 Å². The Hall–Kier alpha value is -0.810. The van der Waals surface area contributed by atoms with Crippen LogP contribution in [-0.4, -0.2) is 46.7 Å². The van der Waals surface area contributed by atoms with Crippen LogP contribution in [0.2, 0.25) is 5.02 Å². The van der Waals surface area contributed by atoms with Gasteiger partial charge in [-0.05, 0) is 30.7 Å². The van der Waals surface area contributed by atoms with Gasteiger partial charge in [0.1, 0.15) is 0 Å². The predicted octanol–water partition coefficient (Wildman–Crippen LogP) is 2.82. The van der Waals surface area contributed by atoms with E-state index in [1.165, 1.54) is 0 Å². The van der Waals surface area contributed by atoms with Crippen molar-refractivity contribution in [2.24, 2.45) is 0 Å². The number of hydrogen-bond donors (Lipinski definition) is 1. The van der Waals surface area contributed by atoms with Gasteiger partial charge >= 0.3 is 0 Å². The summed E-state index contributed by atoms with van der Waals surface area (Å²) in [4.78, 5) is 0. The molecule has 0 aliphatic rings. The molecule has 0 aromatic heterocycles. The predicted molar refractivity (Wildman–Crippen MR) is 78.1 cm³/mol. The molecule has 0 fully saturated rings. The van der Waals surface area contributed by atoms with Crippen molar-refractivity contribution in [3.8, 4) is 0 Å². The lowest BCUT2D eigenvalue weighted by molar-refractivity contribution is 0.0431. The first-order valence-corrected chi connectivity index (χ1v) is 6.84. The zero-order valence-corrected chi connectivity index (χ0v) is 12.1. The van der Waals surface area contributed by atoms with E-state index in [2.05, 4.69) is 5.32 Å². The number of methoxy groups -OCH3 is 1. The van der Waals surface area contributed by atoms with E-state index >= 15 is 0 Å². The number of anilines is 1. The topological polar surface area (TPSA) is 39.7 Å². The largest absolute Gasteiger partial charge is 0.385 e. The first-order chi connectivity index (χ1) is 9.33. The monoisotopic (exact) mass is 287 g/mol. The van der Waals surface area contributed by atoms with E-state index in [1.807, 2.05) is 24.3 Å². The highest BCUT2D eigenvalue weighted by molar-refractivity contribution is 6.30. The molecule has 0 radical (unpaired) electrons. The molecule has 5 heteroatoms. The van der Waals surface area contributed by atoms with Crippen LogP contribution >= 0.6 is 11.6 Å². The Labute approximate surface area is 120 Å². The smallest absolute Gasteiger partial charge is 0.0701 e. The lowest BCUT2D eigenvalue weighted by atomic mass is 10.3. The average molecular weight is 288 g/mol. The highest BCUT2D eigenvalue weighted by Gasteiger charge is 1.93. The summed E-state index contributed by atoms with van der Waals surface area (Å²) in [6.45, 7) is 4.14. The maximum absolute atomic E-state index is 5.80. The lowest BCUT2D eigenvalue weighted by Crippen LogP contribution is -2.13. The zero-order chi connectivity index (χ0) is 13.8. The van der Waals surface area contributed by atoms with Gasteiger partial charge in [-0.2, -0.15) is 0 Å². The van der Waals surface area contributed by atoms with Crippen molar-refractivity contribution in [2.75, 3.05) is 52.0 Å². The minimum absolute atomic E-state index is 0.620. The molecule has 0 heterocycles. The normalized spacial score (nSPS) is 10.6. The SMILES string of the molecule is COCCCOCCOCCNc1ccc(Cl)cc1. The van der Waals surface area contributed by atoms with Gasteiger partial charge in [-0.15, -0.1) is 0 Å². The van der Waals surface area contributed by atoms with Gasteiger partial charge in [0.25, 0.3) is 0 Å². The van der Waals surface area contributed by atoms with E-state index in [4.69, 9.17) is 25.8 Å². The first kappa shape index (κ1) is 16.2. The third-order valence-electron chi connectivity index (χ3n) is 2.43. The van der Waals surface area contributed by atoms with Crippen LogP contribution in [0.1, 0.15) is 6.42 Å². The van der Waals surface area contributed by atoms with Crippen LogP contribution in [0, 0.1) is 0 Å². The van der Waals surface area contributed by atoms with Crippen molar-refractivity contribution in [1.82, 2.24) is 0 Å². The Morgan fingerprint density at radius 1 is 0.947 bits per heavy atom. The molecule has 0 saturated heterocycles. The van der Waals surface area contributed by atoms with Gasteiger partial charge in [-0.1, -0.05) is 11.6 Å². The van der Waals surface area contributed by atoms with Crippen LogP contribution in [0.15, 0.2) is 24.3 Å². The number of halogens is 1. The van der Waals surface area contributed by atoms with Crippen LogP contribution in [0.4, 0.5) is 5.69 Å². The first-order valence-electron chi connectivity index (χ1n) is 6.47. The van der Waals surface area contributed by atoms with Gasteiger partial charge in [-0.25, -0.2) is 0 Å². The third kappa shape index (κ3) is 8.83. The van der Waals surface area contributed by atoms with Crippen molar-refractivity contribution in [3.63, 3.8) is 0 Å². The van der Waals surface area contributed by atoms with Crippen molar-refractivity contribution in [3.05, 3.63) is 29.3 Å². The molecule has 0 aliphatic heterocycles. The Morgan fingerprint density at radius 3 is 2.32 bits per heavy atom. The minimum Gasteiger partial charge on any atom is -0.385 e. The van der Waals surface area contributed by atoms with Gasteiger partial charge in [0.15, 0.2) is 0 Å². The molecule has 1 aromatic rings. The second kappa shape index (κ2) is 11.1. The molecule has 0 unspecified atom stereocenters. The Bertz CT molecular complexity index is 319. The molecule has 108 valence electrons. The van der Waals surface area contributed by atoms with Gasteiger partial charge in [0.05, 0.1) is 19.8 Å². The van der Waals surface area contributed by atoms with Crippen LogP contribution in [0.5, 0.6) is 0 Å². The van der Waals surface area contributed by atoms with Crippen LogP contribution in [0.3, 0.4) is 0 Å². The quantitative estimate of drug-likeness (QED) is 0.635. The molecule has 1 rings (SSSR count). The Morgan fingerprint density at radius 2 is 1.63 bits per heavy atom. The van der Waals surface area contributed by atoms with Gasteiger partial charge in [0.2, 0.25) is 0 Å². The summed E-state index contributed by atoms with van der Waals surface area (Å²) in [7, 11) is 1.69. The summed E-state index contributed by atoms with van der Waals surface area (Å²) in [5.74, 6) is 0. The number of rotatable bonds is 11. The summed E-state index contributed by atoms with van der Waals surface area (Å²) >= 11 is 5.80. The van der Waals surface area contributed by atoms with E-state index in [9.17, 15) is 0 Å². The van der Waals surface area contributed by atoms with Crippen molar-refractivity contribution in [2.45, 2.75) is 6.42 Å². The molecule has 1 N–H and O–H groups in total. The molecule has 0 atom stereocenters. The van der Waals surface area contributed by atoms with E-state index in [1.54, 1.807) is 7.11 Å². The fourth-order valence-electron chi connectivity index (χ4n) is 1.46. The number of nitrogens with one attached hydrogen (secondary N) is 1. The Kier molecular flexibility index (Phi) is 9.45. The van der Waals surface area contributed by atoms with E-state index < -0.39 is 0 Å². The van der Waals surface area contributed by atoms with Crippen molar-refractivity contribution >= 4 is 17.3 Å². The van der Waals surface area contributed by atoms with E-state index in [0.29, 0.717) is 19.8 Å². The Balaban J connectivity index is 1.87. The minimum atomic E-state index is 0.620. The molecule has 0 amide bonds. The molecule has 0 saturated carbocycles. The highest BCUT2D eigenvalue weighted by atomic mass is 35.5. The number of hydrogen-bond acceptors (Lipinski definition) is 4. The van der Waals surface area contributed by atoms with Crippen LogP contribution < -0.4 is 5.32 Å². The second-order valence-corrected chi connectivity index (χ2v) is 4.44. The summed E-state index contributed by atoms with van der Waals surface area (Å²) in [6, 6.07) is 7.61. The lowest BCUT2D eigenvalue weighted by Gasteiger charge is -2.08. The number of ether oxygens (including phenoxy) is 3.